The fraction of sp³-hybridized carbons (Fsp3) is 0.474. The maximum absolute atomic E-state index is 4.74. The second kappa shape index (κ2) is 6.57. The lowest BCUT2D eigenvalue weighted by molar-refractivity contribution is 0.434. The summed E-state index contributed by atoms with van der Waals surface area (Å²) in [5, 5.41) is 3.45. The first-order valence-electron chi connectivity index (χ1n) is 8.46. The van der Waals surface area contributed by atoms with Crippen LogP contribution in [-0.4, -0.2) is 23.1 Å². The molecule has 122 valence electrons. The molecule has 4 heteroatoms. The summed E-state index contributed by atoms with van der Waals surface area (Å²) in [4.78, 5) is 11.7. The number of aryl methyl sites for hydroxylation is 3. The number of hydrogen-bond donors (Lipinski definition) is 1. The summed E-state index contributed by atoms with van der Waals surface area (Å²) in [5.74, 6) is 2.53. The van der Waals surface area contributed by atoms with Crippen molar-refractivity contribution in [1.82, 2.24) is 9.97 Å². The van der Waals surface area contributed by atoms with Crippen LogP contribution in [0.4, 0.5) is 17.5 Å². The van der Waals surface area contributed by atoms with Gasteiger partial charge in [0.05, 0.1) is 0 Å². The van der Waals surface area contributed by atoms with Crippen molar-refractivity contribution in [2.45, 2.75) is 40.5 Å². The van der Waals surface area contributed by atoms with Gasteiger partial charge < -0.3 is 10.2 Å². The summed E-state index contributed by atoms with van der Waals surface area (Å²) in [6.07, 6.45) is 2.44. The monoisotopic (exact) mass is 310 g/mol. The Hall–Kier alpha value is -2.10. The van der Waals surface area contributed by atoms with E-state index in [2.05, 4.69) is 54.2 Å². The number of nitrogens with zero attached hydrogens (tertiary/aromatic N) is 3. The molecule has 0 amide bonds. The van der Waals surface area contributed by atoms with E-state index in [1.807, 2.05) is 13.0 Å². The zero-order valence-corrected chi connectivity index (χ0v) is 14.6. The molecule has 0 radical (unpaired) electrons. The molecule has 0 saturated carbocycles. The summed E-state index contributed by atoms with van der Waals surface area (Å²) < 4.78 is 0. The van der Waals surface area contributed by atoms with Crippen LogP contribution in [0.2, 0.25) is 0 Å². The van der Waals surface area contributed by atoms with Crippen molar-refractivity contribution in [2.24, 2.45) is 5.92 Å². The molecular weight excluding hydrogens is 284 g/mol. The van der Waals surface area contributed by atoms with Gasteiger partial charge in [-0.3, -0.25) is 0 Å². The van der Waals surface area contributed by atoms with E-state index in [1.54, 1.807) is 0 Å². The van der Waals surface area contributed by atoms with Crippen molar-refractivity contribution in [2.75, 3.05) is 23.3 Å². The van der Waals surface area contributed by atoms with Gasteiger partial charge in [0.25, 0.3) is 0 Å². The number of hydrogen-bond acceptors (Lipinski definition) is 4. The van der Waals surface area contributed by atoms with Crippen LogP contribution in [0.25, 0.3) is 0 Å². The summed E-state index contributed by atoms with van der Waals surface area (Å²) in [6.45, 7) is 10.7. The van der Waals surface area contributed by atoms with Crippen LogP contribution in [0.1, 0.15) is 36.6 Å². The molecule has 1 aromatic heterocycles. The van der Waals surface area contributed by atoms with Gasteiger partial charge in [0, 0.05) is 30.5 Å². The highest BCUT2D eigenvalue weighted by Gasteiger charge is 2.18. The van der Waals surface area contributed by atoms with Gasteiger partial charge in [-0.2, -0.15) is 4.98 Å². The Morgan fingerprint density at radius 1 is 1.04 bits per heavy atom. The van der Waals surface area contributed by atoms with Gasteiger partial charge in [-0.15, -0.1) is 0 Å². The Labute approximate surface area is 139 Å². The van der Waals surface area contributed by atoms with Crippen LogP contribution in [0, 0.1) is 26.7 Å². The number of benzene rings is 1. The largest absolute Gasteiger partial charge is 0.341 e. The molecule has 3 rings (SSSR count). The van der Waals surface area contributed by atoms with Gasteiger partial charge >= 0.3 is 0 Å². The minimum Gasteiger partial charge on any atom is -0.341 e. The zero-order valence-electron chi connectivity index (χ0n) is 14.6. The van der Waals surface area contributed by atoms with Gasteiger partial charge in [-0.25, -0.2) is 4.98 Å². The Morgan fingerprint density at radius 2 is 1.78 bits per heavy atom. The Bertz CT molecular complexity index is 688. The molecular formula is C19H26N4. The summed E-state index contributed by atoms with van der Waals surface area (Å²) in [7, 11) is 0. The molecule has 1 saturated heterocycles. The van der Waals surface area contributed by atoms with Crippen LogP contribution in [0.3, 0.4) is 0 Å². The molecule has 23 heavy (non-hydrogen) atoms. The van der Waals surface area contributed by atoms with Crippen molar-refractivity contribution in [3.05, 3.63) is 41.1 Å². The summed E-state index contributed by atoms with van der Waals surface area (Å²) >= 11 is 0. The van der Waals surface area contributed by atoms with Crippen LogP contribution in [-0.2, 0) is 0 Å². The van der Waals surface area contributed by atoms with Crippen LogP contribution in [0.5, 0.6) is 0 Å². The van der Waals surface area contributed by atoms with Gasteiger partial charge in [0.1, 0.15) is 5.82 Å². The molecule has 2 aromatic rings. The molecule has 0 bridgehead atoms. The maximum Gasteiger partial charge on any atom is 0.227 e. The molecule has 0 spiro atoms. The van der Waals surface area contributed by atoms with Crippen molar-refractivity contribution in [1.29, 1.82) is 0 Å². The smallest absolute Gasteiger partial charge is 0.227 e. The first-order valence-corrected chi connectivity index (χ1v) is 8.46. The standard InChI is InChI=1S/C19H26N4/c1-13-7-9-23(10-8-13)19-20-16(4)12-18(22-19)21-17-6-5-14(2)11-15(17)3/h5-6,11-13H,7-10H2,1-4H3,(H,20,21,22). The number of nitrogens with one attached hydrogen (secondary N) is 1. The third-order valence-electron chi connectivity index (χ3n) is 4.55. The predicted molar refractivity (Wildman–Crippen MR) is 96.6 cm³/mol. The van der Waals surface area contributed by atoms with Crippen molar-refractivity contribution in [3.63, 3.8) is 0 Å². The normalized spacial score (nSPS) is 15.7. The van der Waals surface area contributed by atoms with E-state index in [1.165, 1.54) is 24.0 Å². The lowest BCUT2D eigenvalue weighted by Crippen LogP contribution is -2.34. The first-order chi connectivity index (χ1) is 11.0. The average Bonchev–Trinajstić information content (AvgIpc) is 2.50. The van der Waals surface area contributed by atoms with E-state index < -0.39 is 0 Å². The number of aromatic nitrogens is 2. The Morgan fingerprint density at radius 3 is 2.48 bits per heavy atom. The second-order valence-corrected chi connectivity index (χ2v) is 6.81. The number of anilines is 3. The first kappa shape index (κ1) is 15.8. The van der Waals surface area contributed by atoms with Crippen molar-refractivity contribution in [3.8, 4) is 0 Å². The maximum atomic E-state index is 4.74. The fourth-order valence-corrected chi connectivity index (χ4v) is 3.06. The molecule has 1 N–H and O–H groups in total. The van der Waals surface area contributed by atoms with Gasteiger partial charge in [-0.05, 0) is 51.2 Å². The van der Waals surface area contributed by atoms with E-state index in [4.69, 9.17) is 4.98 Å². The van der Waals surface area contributed by atoms with Crippen LogP contribution in [0.15, 0.2) is 24.3 Å². The minimum atomic E-state index is 0.809. The molecule has 0 aliphatic carbocycles. The molecule has 1 aliphatic rings. The topological polar surface area (TPSA) is 41.1 Å². The molecule has 1 aromatic carbocycles. The van der Waals surface area contributed by atoms with Crippen LogP contribution >= 0.6 is 0 Å². The van der Waals surface area contributed by atoms with Gasteiger partial charge in [0.2, 0.25) is 5.95 Å². The average molecular weight is 310 g/mol. The highest BCUT2D eigenvalue weighted by molar-refractivity contribution is 5.62. The van der Waals surface area contributed by atoms with Crippen molar-refractivity contribution >= 4 is 17.5 Å². The third kappa shape index (κ3) is 3.81. The van der Waals surface area contributed by atoms with Gasteiger partial charge in [0.15, 0.2) is 0 Å². The second-order valence-electron chi connectivity index (χ2n) is 6.81. The number of piperidine rings is 1. The van der Waals surface area contributed by atoms with Gasteiger partial charge in [-0.1, -0.05) is 24.6 Å². The van der Waals surface area contributed by atoms with E-state index in [-0.39, 0.29) is 0 Å². The number of rotatable bonds is 3. The van der Waals surface area contributed by atoms with E-state index >= 15 is 0 Å². The molecule has 0 atom stereocenters. The highest BCUT2D eigenvalue weighted by Crippen LogP contribution is 2.24. The predicted octanol–water partition coefficient (Wildman–Crippen LogP) is 4.38. The summed E-state index contributed by atoms with van der Waals surface area (Å²) in [6, 6.07) is 8.43. The molecule has 0 unspecified atom stereocenters. The van der Waals surface area contributed by atoms with E-state index in [0.717, 1.165) is 42.2 Å². The SMILES string of the molecule is Cc1ccc(Nc2cc(C)nc(N3CCC(C)CC3)n2)c(C)c1. The van der Waals surface area contributed by atoms with Crippen LogP contribution < -0.4 is 10.2 Å². The Balaban J connectivity index is 1.82. The van der Waals surface area contributed by atoms with E-state index in [9.17, 15) is 0 Å². The quantitative estimate of drug-likeness (QED) is 0.913. The van der Waals surface area contributed by atoms with Crippen molar-refractivity contribution < 1.29 is 0 Å². The molecule has 1 aliphatic heterocycles. The zero-order chi connectivity index (χ0) is 16.4. The summed E-state index contributed by atoms with van der Waals surface area (Å²) in [5.41, 5.74) is 4.61. The molecule has 2 heterocycles. The Kier molecular flexibility index (Phi) is 4.51. The lowest BCUT2D eigenvalue weighted by Gasteiger charge is -2.30. The minimum absolute atomic E-state index is 0.809. The molecule has 4 nitrogen and oxygen atoms in total. The third-order valence-corrected chi connectivity index (χ3v) is 4.55. The lowest BCUT2D eigenvalue weighted by atomic mass is 10.00. The fourth-order valence-electron chi connectivity index (χ4n) is 3.06. The molecule has 1 fully saturated rings. The highest BCUT2D eigenvalue weighted by atomic mass is 15.3. The van der Waals surface area contributed by atoms with E-state index in [0.29, 0.717) is 0 Å².